The Morgan fingerprint density at radius 2 is 2.38 bits per heavy atom. The van der Waals surface area contributed by atoms with Crippen LogP contribution in [0.1, 0.15) is 12.0 Å². The Hall–Kier alpha value is -0.250. The maximum atomic E-state index is 5.75. The summed E-state index contributed by atoms with van der Waals surface area (Å²) in [6, 6.07) is 5.93. The summed E-state index contributed by atoms with van der Waals surface area (Å²) in [5.74, 6) is 1.93. The van der Waals surface area contributed by atoms with Gasteiger partial charge in [-0.1, -0.05) is 6.07 Å². The molecule has 16 heavy (non-hydrogen) atoms. The molecule has 1 aromatic rings. The first-order valence-corrected chi connectivity index (χ1v) is 6.67. The third-order valence-electron chi connectivity index (χ3n) is 2.65. The Bertz CT molecular complexity index is 351. The minimum Gasteiger partial charge on any atom is -0.492 e. The fourth-order valence-corrected chi connectivity index (χ4v) is 2.37. The lowest BCUT2D eigenvalue weighted by molar-refractivity contribution is 0.167. The van der Waals surface area contributed by atoms with E-state index < -0.39 is 0 Å². The van der Waals surface area contributed by atoms with E-state index in [9.17, 15) is 0 Å². The van der Waals surface area contributed by atoms with Crippen molar-refractivity contribution in [3.63, 3.8) is 0 Å². The Morgan fingerprint density at radius 1 is 1.50 bits per heavy atom. The molecular formula is C12H14BrClO2. The van der Waals surface area contributed by atoms with Crippen molar-refractivity contribution in [2.24, 2.45) is 5.92 Å². The minimum atomic E-state index is 0.523. The molecule has 0 aliphatic carbocycles. The zero-order valence-corrected chi connectivity index (χ0v) is 11.3. The van der Waals surface area contributed by atoms with Crippen LogP contribution in [0, 0.1) is 5.92 Å². The molecule has 88 valence electrons. The van der Waals surface area contributed by atoms with Gasteiger partial charge in [0.15, 0.2) is 0 Å². The smallest absolute Gasteiger partial charge is 0.133 e. The molecule has 1 aliphatic heterocycles. The van der Waals surface area contributed by atoms with Crippen molar-refractivity contribution in [2.75, 3.05) is 19.8 Å². The highest BCUT2D eigenvalue weighted by Gasteiger charge is 2.16. The van der Waals surface area contributed by atoms with E-state index in [0.717, 1.165) is 42.0 Å². The second-order valence-electron chi connectivity index (χ2n) is 3.94. The van der Waals surface area contributed by atoms with E-state index in [0.29, 0.717) is 11.8 Å². The Labute approximate surface area is 109 Å². The summed E-state index contributed by atoms with van der Waals surface area (Å²) >= 11 is 9.24. The molecule has 0 spiro atoms. The molecule has 1 heterocycles. The van der Waals surface area contributed by atoms with E-state index in [1.807, 2.05) is 18.2 Å². The number of benzene rings is 1. The van der Waals surface area contributed by atoms with Crippen molar-refractivity contribution in [3.05, 3.63) is 28.2 Å². The normalized spacial score (nSPS) is 20.0. The molecule has 2 rings (SSSR count). The van der Waals surface area contributed by atoms with Gasteiger partial charge in [0.2, 0.25) is 0 Å². The number of hydrogen-bond acceptors (Lipinski definition) is 2. The van der Waals surface area contributed by atoms with Crippen LogP contribution in [0.5, 0.6) is 5.75 Å². The Morgan fingerprint density at radius 3 is 3.00 bits per heavy atom. The first-order valence-electron chi connectivity index (χ1n) is 5.34. The largest absolute Gasteiger partial charge is 0.492 e. The highest BCUT2D eigenvalue weighted by Crippen LogP contribution is 2.27. The van der Waals surface area contributed by atoms with Gasteiger partial charge in [-0.2, -0.15) is 0 Å². The SMILES string of the molecule is ClCc1ccc(OCC2CCOC2)c(Br)c1. The first-order chi connectivity index (χ1) is 7.79. The van der Waals surface area contributed by atoms with Crippen LogP contribution in [0.2, 0.25) is 0 Å². The van der Waals surface area contributed by atoms with Gasteiger partial charge in [-0.25, -0.2) is 0 Å². The number of rotatable bonds is 4. The molecule has 1 aliphatic rings. The van der Waals surface area contributed by atoms with Crippen molar-refractivity contribution in [3.8, 4) is 5.75 Å². The van der Waals surface area contributed by atoms with Gasteiger partial charge in [0.25, 0.3) is 0 Å². The minimum absolute atomic E-state index is 0.523. The van der Waals surface area contributed by atoms with Crippen LogP contribution in [0.4, 0.5) is 0 Å². The van der Waals surface area contributed by atoms with Gasteiger partial charge in [-0.15, -0.1) is 11.6 Å². The summed E-state index contributed by atoms with van der Waals surface area (Å²) in [7, 11) is 0. The zero-order chi connectivity index (χ0) is 11.4. The predicted molar refractivity (Wildman–Crippen MR) is 68.1 cm³/mol. The lowest BCUT2D eigenvalue weighted by Crippen LogP contribution is -2.11. The fourth-order valence-electron chi connectivity index (χ4n) is 1.67. The van der Waals surface area contributed by atoms with Gasteiger partial charge in [0.1, 0.15) is 5.75 Å². The highest BCUT2D eigenvalue weighted by atomic mass is 79.9. The Balaban J connectivity index is 1.93. The average molecular weight is 306 g/mol. The number of halogens is 2. The van der Waals surface area contributed by atoms with Gasteiger partial charge in [-0.05, 0) is 40.0 Å². The van der Waals surface area contributed by atoms with Crippen LogP contribution >= 0.6 is 27.5 Å². The maximum absolute atomic E-state index is 5.75. The van der Waals surface area contributed by atoms with Crippen molar-refractivity contribution < 1.29 is 9.47 Å². The van der Waals surface area contributed by atoms with Crippen molar-refractivity contribution in [1.29, 1.82) is 0 Å². The molecular weight excluding hydrogens is 291 g/mol. The molecule has 0 amide bonds. The van der Waals surface area contributed by atoms with Gasteiger partial charge in [0.05, 0.1) is 17.7 Å². The molecule has 0 bridgehead atoms. The quantitative estimate of drug-likeness (QED) is 0.791. The molecule has 0 radical (unpaired) electrons. The summed E-state index contributed by atoms with van der Waals surface area (Å²) in [4.78, 5) is 0. The molecule has 4 heteroatoms. The van der Waals surface area contributed by atoms with E-state index in [2.05, 4.69) is 15.9 Å². The lowest BCUT2D eigenvalue weighted by Gasteiger charge is -2.12. The van der Waals surface area contributed by atoms with Crippen LogP contribution in [0.3, 0.4) is 0 Å². The molecule has 1 atom stereocenters. The summed E-state index contributed by atoms with van der Waals surface area (Å²) in [5.41, 5.74) is 1.09. The van der Waals surface area contributed by atoms with E-state index in [1.165, 1.54) is 0 Å². The second-order valence-corrected chi connectivity index (χ2v) is 5.06. The van der Waals surface area contributed by atoms with Crippen molar-refractivity contribution >= 4 is 27.5 Å². The van der Waals surface area contributed by atoms with E-state index >= 15 is 0 Å². The summed E-state index contributed by atoms with van der Waals surface area (Å²) in [6.07, 6.45) is 1.09. The Kier molecular flexibility index (Phi) is 4.50. The van der Waals surface area contributed by atoms with Crippen LogP contribution in [0.15, 0.2) is 22.7 Å². The van der Waals surface area contributed by atoms with Crippen molar-refractivity contribution in [2.45, 2.75) is 12.3 Å². The monoisotopic (exact) mass is 304 g/mol. The van der Waals surface area contributed by atoms with Crippen LogP contribution < -0.4 is 4.74 Å². The van der Waals surface area contributed by atoms with Gasteiger partial charge in [-0.3, -0.25) is 0 Å². The number of alkyl halides is 1. The van der Waals surface area contributed by atoms with Crippen LogP contribution in [-0.2, 0) is 10.6 Å². The molecule has 2 nitrogen and oxygen atoms in total. The number of ether oxygens (including phenoxy) is 2. The summed E-state index contributed by atoms with van der Waals surface area (Å²) in [6.45, 7) is 2.40. The molecule has 1 fully saturated rings. The van der Waals surface area contributed by atoms with Crippen LogP contribution in [-0.4, -0.2) is 19.8 Å². The van der Waals surface area contributed by atoms with E-state index in [1.54, 1.807) is 0 Å². The fraction of sp³-hybridized carbons (Fsp3) is 0.500. The van der Waals surface area contributed by atoms with E-state index in [-0.39, 0.29) is 0 Å². The molecule has 0 saturated carbocycles. The van der Waals surface area contributed by atoms with Crippen LogP contribution in [0.25, 0.3) is 0 Å². The average Bonchev–Trinajstić information content (AvgIpc) is 2.80. The predicted octanol–water partition coefficient (Wildman–Crippen LogP) is 3.60. The molecule has 1 saturated heterocycles. The molecule has 0 N–H and O–H groups in total. The third-order valence-corrected chi connectivity index (χ3v) is 3.58. The highest BCUT2D eigenvalue weighted by molar-refractivity contribution is 9.10. The standard InChI is InChI=1S/C12H14BrClO2/c13-11-5-9(6-14)1-2-12(11)16-8-10-3-4-15-7-10/h1-2,5,10H,3-4,6-8H2. The van der Waals surface area contributed by atoms with Gasteiger partial charge >= 0.3 is 0 Å². The summed E-state index contributed by atoms with van der Waals surface area (Å²) in [5, 5.41) is 0. The van der Waals surface area contributed by atoms with Gasteiger partial charge in [0, 0.05) is 18.4 Å². The topological polar surface area (TPSA) is 18.5 Å². The molecule has 1 unspecified atom stereocenters. The zero-order valence-electron chi connectivity index (χ0n) is 8.92. The maximum Gasteiger partial charge on any atom is 0.133 e. The lowest BCUT2D eigenvalue weighted by atomic mass is 10.1. The van der Waals surface area contributed by atoms with Gasteiger partial charge < -0.3 is 9.47 Å². The van der Waals surface area contributed by atoms with Crippen molar-refractivity contribution in [1.82, 2.24) is 0 Å². The third kappa shape index (κ3) is 3.12. The first kappa shape index (κ1) is 12.2. The second kappa shape index (κ2) is 5.89. The number of hydrogen-bond donors (Lipinski definition) is 0. The summed E-state index contributed by atoms with van der Waals surface area (Å²) < 4.78 is 12.0. The molecule has 0 aromatic heterocycles. The van der Waals surface area contributed by atoms with E-state index in [4.69, 9.17) is 21.1 Å². The molecule has 1 aromatic carbocycles.